The average molecular weight is 272 g/mol. The summed E-state index contributed by atoms with van der Waals surface area (Å²) < 4.78 is 5.27. The molecule has 1 saturated carbocycles. The van der Waals surface area contributed by atoms with E-state index < -0.39 is 0 Å². The molecule has 2 rings (SSSR count). The zero-order chi connectivity index (χ0) is 14.4. The summed E-state index contributed by atoms with van der Waals surface area (Å²) >= 11 is 0. The SMILES string of the molecule is CC(N[C@H](C)C1CCCC1)c1ccc(OCC#N)cc1. The van der Waals surface area contributed by atoms with Crippen LogP contribution in [-0.2, 0) is 0 Å². The molecule has 0 aliphatic heterocycles. The molecule has 1 unspecified atom stereocenters. The first-order chi connectivity index (χ1) is 9.70. The van der Waals surface area contributed by atoms with E-state index in [1.807, 2.05) is 18.2 Å². The summed E-state index contributed by atoms with van der Waals surface area (Å²) in [5.74, 6) is 1.59. The minimum absolute atomic E-state index is 0.103. The third-order valence-electron chi connectivity index (χ3n) is 4.30. The minimum atomic E-state index is 0.103. The first-order valence-electron chi connectivity index (χ1n) is 7.56. The fraction of sp³-hybridized carbons (Fsp3) is 0.588. The van der Waals surface area contributed by atoms with E-state index in [1.54, 1.807) is 0 Å². The molecule has 3 heteroatoms. The van der Waals surface area contributed by atoms with Crippen LogP contribution in [0, 0.1) is 17.2 Å². The molecule has 3 nitrogen and oxygen atoms in total. The Bertz CT molecular complexity index is 443. The normalized spacial score (nSPS) is 18.4. The Kier molecular flexibility index (Phi) is 5.43. The molecule has 1 aliphatic carbocycles. The van der Waals surface area contributed by atoms with E-state index in [4.69, 9.17) is 10.00 Å². The van der Waals surface area contributed by atoms with E-state index >= 15 is 0 Å². The van der Waals surface area contributed by atoms with Gasteiger partial charge in [-0.3, -0.25) is 0 Å². The van der Waals surface area contributed by atoms with Crippen molar-refractivity contribution in [2.45, 2.75) is 51.6 Å². The maximum Gasteiger partial charge on any atom is 0.174 e. The highest BCUT2D eigenvalue weighted by atomic mass is 16.5. The van der Waals surface area contributed by atoms with Crippen LogP contribution in [0.2, 0.25) is 0 Å². The highest BCUT2D eigenvalue weighted by molar-refractivity contribution is 5.29. The van der Waals surface area contributed by atoms with Gasteiger partial charge in [0.2, 0.25) is 0 Å². The van der Waals surface area contributed by atoms with E-state index in [9.17, 15) is 0 Å². The van der Waals surface area contributed by atoms with Gasteiger partial charge in [-0.2, -0.15) is 5.26 Å². The number of benzene rings is 1. The van der Waals surface area contributed by atoms with Crippen LogP contribution in [0.15, 0.2) is 24.3 Å². The van der Waals surface area contributed by atoms with Gasteiger partial charge < -0.3 is 10.1 Å². The number of rotatable bonds is 6. The largest absolute Gasteiger partial charge is 0.479 e. The average Bonchev–Trinajstić information content (AvgIpc) is 3.00. The van der Waals surface area contributed by atoms with Gasteiger partial charge in [0.1, 0.15) is 11.8 Å². The molecule has 1 fully saturated rings. The number of ether oxygens (including phenoxy) is 1. The fourth-order valence-electron chi connectivity index (χ4n) is 3.05. The lowest BCUT2D eigenvalue weighted by atomic mass is 9.98. The lowest BCUT2D eigenvalue weighted by Crippen LogP contribution is -2.34. The molecule has 0 spiro atoms. The monoisotopic (exact) mass is 272 g/mol. The lowest BCUT2D eigenvalue weighted by molar-refractivity contribution is 0.351. The van der Waals surface area contributed by atoms with Crippen LogP contribution in [0.1, 0.15) is 51.1 Å². The zero-order valence-electron chi connectivity index (χ0n) is 12.4. The van der Waals surface area contributed by atoms with Gasteiger partial charge in [0.25, 0.3) is 0 Å². The van der Waals surface area contributed by atoms with Gasteiger partial charge in [-0.05, 0) is 50.3 Å². The third kappa shape index (κ3) is 3.98. The smallest absolute Gasteiger partial charge is 0.174 e. The van der Waals surface area contributed by atoms with Crippen molar-refractivity contribution < 1.29 is 4.74 Å². The Morgan fingerprint density at radius 3 is 2.50 bits per heavy atom. The predicted octanol–water partition coefficient (Wildman–Crippen LogP) is 3.82. The van der Waals surface area contributed by atoms with Crippen LogP contribution in [0.5, 0.6) is 5.75 Å². The highest BCUT2D eigenvalue weighted by Gasteiger charge is 2.22. The number of nitrogens with zero attached hydrogens (tertiary/aromatic N) is 1. The second kappa shape index (κ2) is 7.31. The molecule has 0 heterocycles. The van der Waals surface area contributed by atoms with Gasteiger partial charge in [-0.1, -0.05) is 25.0 Å². The van der Waals surface area contributed by atoms with Crippen molar-refractivity contribution in [3.8, 4) is 11.8 Å². The molecule has 1 aliphatic rings. The molecule has 20 heavy (non-hydrogen) atoms. The quantitative estimate of drug-likeness (QED) is 0.856. The predicted molar refractivity (Wildman–Crippen MR) is 80.5 cm³/mol. The van der Waals surface area contributed by atoms with E-state index in [0.717, 1.165) is 11.7 Å². The summed E-state index contributed by atoms with van der Waals surface area (Å²) in [6.07, 6.45) is 5.50. The van der Waals surface area contributed by atoms with Crippen LogP contribution in [0.3, 0.4) is 0 Å². The Balaban J connectivity index is 1.88. The number of nitriles is 1. The highest BCUT2D eigenvalue weighted by Crippen LogP contribution is 2.29. The molecule has 1 aromatic rings. The molecule has 1 N–H and O–H groups in total. The van der Waals surface area contributed by atoms with Crippen molar-refractivity contribution in [2.24, 2.45) is 5.92 Å². The zero-order valence-corrected chi connectivity index (χ0v) is 12.4. The van der Waals surface area contributed by atoms with Gasteiger partial charge in [0, 0.05) is 12.1 Å². The van der Waals surface area contributed by atoms with Crippen LogP contribution >= 0.6 is 0 Å². The van der Waals surface area contributed by atoms with Gasteiger partial charge in [-0.25, -0.2) is 0 Å². The van der Waals surface area contributed by atoms with E-state index in [0.29, 0.717) is 12.1 Å². The summed E-state index contributed by atoms with van der Waals surface area (Å²) in [5.41, 5.74) is 1.26. The minimum Gasteiger partial charge on any atom is -0.479 e. The number of nitrogens with one attached hydrogen (secondary N) is 1. The van der Waals surface area contributed by atoms with E-state index in [-0.39, 0.29) is 6.61 Å². The van der Waals surface area contributed by atoms with Gasteiger partial charge >= 0.3 is 0 Å². The summed E-state index contributed by atoms with van der Waals surface area (Å²) in [6.45, 7) is 4.61. The van der Waals surface area contributed by atoms with Crippen molar-refractivity contribution in [1.29, 1.82) is 5.26 Å². The molecular weight excluding hydrogens is 248 g/mol. The van der Waals surface area contributed by atoms with Gasteiger partial charge in [-0.15, -0.1) is 0 Å². The Labute approximate surface area is 121 Å². The van der Waals surface area contributed by atoms with Crippen LogP contribution in [-0.4, -0.2) is 12.6 Å². The Morgan fingerprint density at radius 1 is 1.25 bits per heavy atom. The summed E-state index contributed by atoms with van der Waals surface area (Å²) in [5, 5.41) is 12.2. The molecule has 0 saturated heterocycles. The number of hydrogen-bond acceptors (Lipinski definition) is 3. The van der Waals surface area contributed by atoms with Crippen LogP contribution < -0.4 is 10.1 Å². The standard InChI is InChI=1S/C17H24N2O/c1-13(15-5-3-4-6-15)19-14(2)16-7-9-17(10-8-16)20-12-11-18/h7-10,13-15,19H,3-6,12H2,1-2H3/t13-,14?/m1/s1. The molecule has 1 aromatic carbocycles. The first-order valence-corrected chi connectivity index (χ1v) is 7.56. The van der Waals surface area contributed by atoms with Crippen molar-refractivity contribution in [1.82, 2.24) is 5.32 Å². The molecule has 0 radical (unpaired) electrons. The van der Waals surface area contributed by atoms with Crippen molar-refractivity contribution in [2.75, 3.05) is 6.61 Å². The molecular formula is C17H24N2O. The second-order valence-corrected chi connectivity index (χ2v) is 5.74. The molecule has 0 amide bonds. The number of hydrogen-bond donors (Lipinski definition) is 1. The maximum atomic E-state index is 8.49. The van der Waals surface area contributed by atoms with E-state index in [1.165, 1.54) is 31.2 Å². The molecule has 108 valence electrons. The van der Waals surface area contributed by atoms with E-state index in [2.05, 4.69) is 31.3 Å². The van der Waals surface area contributed by atoms with Crippen molar-refractivity contribution in [3.05, 3.63) is 29.8 Å². The summed E-state index contributed by atoms with van der Waals surface area (Å²) in [4.78, 5) is 0. The topological polar surface area (TPSA) is 45.0 Å². The Morgan fingerprint density at radius 2 is 1.90 bits per heavy atom. The Hall–Kier alpha value is -1.53. The van der Waals surface area contributed by atoms with Crippen molar-refractivity contribution in [3.63, 3.8) is 0 Å². The fourth-order valence-corrected chi connectivity index (χ4v) is 3.05. The first kappa shape index (κ1) is 14.9. The molecule has 0 bridgehead atoms. The van der Waals surface area contributed by atoms with Crippen LogP contribution in [0.25, 0.3) is 0 Å². The molecule has 0 aromatic heterocycles. The van der Waals surface area contributed by atoms with Gasteiger partial charge in [0.15, 0.2) is 6.61 Å². The van der Waals surface area contributed by atoms with Gasteiger partial charge in [0.05, 0.1) is 0 Å². The maximum absolute atomic E-state index is 8.49. The second-order valence-electron chi connectivity index (χ2n) is 5.74. The molecule has 2 atom stereocenters. The summed E-state index contributed by atoms with van der Waals surface area (Å²) in [6, 6.07) is 10.9. The third-order valence-corrected chi connectivity index (χ3v) is 4.30. The summed E-state index contributed by atoms with van der Waals surface area (Å²) in [7, 11) is 0. The van der Waals surface area contributed by atoms with Crippen molar-refractivity contribution >= 4 is 0 Å². The van der Waals surface area contributed by atoms with Crippen LogP contribution in [0.4, 0.5) is 0 Å². The lowest BCUT2D eigenvalue weighted by Gasteiger charge is -2.25.